The molecule has 0 fully saturated rings. The molecule has 0 rings (SSSR count). The summed E-state index contributed by atoms with van der Waals surface area (Å²) in [7, 11) is 0. The van der Waals surface area contributed by atoms with Crippen LogP contribution in [0.5, 0.6) is 0 Å². The summed E-state index contributed by atoms with van der Waals surface area (Å²) in [5.41, 5.74) is 5.27. The molecule has 3 nitrogen and oxygen atoms in total. The van der Waals surface area contributed by atoms with Gasteiger partial charge in [0.1, 0.15) is 0 Å². The Labute approximate surface area is 136 Å². The Balaban J connectivity index is 5.01. The molecule has 0 aliphatic heterocycles. The molecular formula is C17H34N2OS. The van der Waals surface area contributed by atoms with Gasteiger partial charge < -0.3 is 11.1 Å². The fraction of sp³-hybridized carbons (Fsp3) is 0.882. The van der Waals surface area contributed by atoms with Gasteiger partial charge in [0.05, 0.1) is 10.4 Å². The molecule has 0 saturated heterocycles. The zero-order valence-electron chi connectivity index (χ0n) is 14.7. The van der Waals surface area contributed by atoms with Gasteiger partial charge in [0.2, 0.25) is 5.91 Å². The number of nitrogens with two attached hydrogens (primary N) is 1. The molecule has 4 heteroatoms. The van der Waals surface area contributed by atoms with Crippen LogP contribution in [-0.2, 0) is 4.79 Å². The van der Waals surface area contributed by atoms with E-state index in [0.717, 1.165) is 25.7 Å². The summed E-state index contributed by atoms with van der Waals surface area (Å²) in [5, 5.41) is 3.13. The van der Waals surface area contributed by atoms with Gasteiger partial charge in [0, 0.05) is 6.54 Å². The minimum absolute atomic E-state index is 0.0185. The summed E-state index contributed by atoms with van der Waals surface area (Å²) >= 11 is 5.24. The van der Waals surface area contributed by atoms with E-state index in [1.165, 1.54) is 0 Å². The molecule has 3 N–H and O–H groups in total. The van der Waals surface area contributed by atoms with Crippen LogP contribution in [0.15, 0.2) is 0 Å². The normalized spacial score (nSPS) is 12.2. The maximum Gasteiger partial charge on any atom is 0.233 e. The Morgan fingerprint density at radius 3 is 1.81 bits per heavy atom. The summed E-state index contributed by atoms with van der Waals surface area (Å²) in [6.07, 6.45) is 3.27. The molecule has 0 aliphatic carbocycles. The van der Waals surface area contributed by atoms with Crippen molar-refractivity contribution in [3.8, 4) is 0 Å². The maximum atomic E-state index is 12.8. The number of hydrogen-bond donors (Lipinski definition) is 2. The van der Waals surface area contributed by atoms with Crippen molar-refractivity contribution >= 4 is 23.1 Å². The number of hydrogen-bond acceptors (Lipinski definition) is 2. The highest BCUT2D eigenvalue weighted by Gasteiger charge is 2.40. The summed E-state index contributed by atoms with van der Waals surface area (Å²) in [6, 6.07) is 0. The Hall–Kier alpha value is -0.640. The Morgan fingerprint density at radius 1 is 1.10 bits per heavy atom. The number of carbonyl (C=O) groups excluding carboxylic acids is 1. The van der Waals surface area contributed by atoms with Gasteiger partial charge in [-0.25, -0.2) is 0 Å². The smallest absolute Gasteiger partial charge is 0.233 e. The van der Waals surface area contributed by atoms with Crippen molar-refractivity contribution in [1.82, 2.24) is 5.32 Å². The standard InChI is InChI=1S/C17H34N2OS/c1-7-9-17(10-8-2,15(18)21)16(20)19-11-14(12(3)4)13(5)6/h12-14H,7-11H2,1-6H3,(H2,18,21)(H,19,20). The van der Waals surface area contributed by atoms with Crippen molar-refractivity contribution in [1.29, 1.82) is 0 Å². The molecule has 0 aliphatic rings. The van der Waals surface area contributed by atoms with Crippen LogP contribution < -0.4 is 11.1 Å². The number of nitrogens with one attached hydrogen (secondary N) is 1. The zero-order valence-corrected chi connectivity index (χ0v) is 15.5. The van der Waals surface area contributed by atoms with Gasteiger partial charge in [-0.1, -0.05) is 66.6 Å². The third kappa shape index (κ3) is 5.57. The lowest BCUT2D eigenvalue weighted by Gasteiger charge is -2.33. The zero-order chi connectivity index (χ0) is 16.6. The molecule has 0 aromatic heterocycles. The van der Waals surface area contributed by atoms with Crippen molar-refractivity contribution in [2.75, 3.05) is 6.54 Å². The van der Waals surface area contributed by atoms with Crippen LogP contribution in [0.3, 0.4) is 0 Å². The van der Waals surface area contributed by atoms with E-state index in [4.69, 9.17) is 18.0 Å². The van der Waals surface area contributed by atoms with Crippen LogP contribution in [0.2, 0.25) is 0 Å². The van der Waals surface area contributed by atoms with Crippen LogP contribution in [0.1, 0.15) is 67.2 Å². The van der Waals surface area contributed by atoms with E-state index in [1.807, 2.05) is 0 Å². The Morgan fingerprint density at radius 2 is 1.52 bits per heavy atom. The minimum Gasteiger partial charge on any atom is -0.392 e. The lowest BCUT2D eigenvalue weighted by molar-refractivity contribution is -0.128. The second kappa shape index (κ2) is 9.39. The van der Waals surface area contributed by atoms with Crippen molar-refractivity contribution in [2.24, 2.45) is 28.9 Å². The quantitative estimate of drug-likeness (QED) is 0.601. The monoisotopic (exact) mass is 314 g/mol. The first-order valence-corrected chi connectivity index (χ1v) is 8.71. The van der Waals surface area contributed by atoms with Gasteiger partial charge in [-0.15, -0.1) is 0 Å². The van der Waals surface area contributed by atoms with E-state index < -0.39 is 5.41 Å². The van der Waals surface area contributed by atoms with Gasteiger partial charge in [0.25, 0.3) is 0 Å². The first kappa shape index (κ1) is 20.4. The van der Waals surface area contributed by atoms with Crippen molar-refractivity contribution < 1.29 is 4.79 Å². The van der Waals surface area contributed by atoms with E-state index in [1.54, 1.807) is 0 Å². The van der Waals surface area contributed by atoms with Gasteiger partial charge >= 0.3 is 0 Å². The third-order valence-corrected chi connectivity index (χ3v) is 4.86. The first-order valence-electron chi connectivity index (χ1n) is 8.31. The van der Waals surface area contributed by atoms with Crippen LogP contribution >= 0.6 is 12.2 Å². The minimum atomic E-state index is -0.669. The van der Waals surface area contributed by atoms with Gasteiger partial charge in [-0.2, -0.15) is 0 Å². The van der Waals surface area contributed by atoms with Crippen LogP contribution in [0.25, 0.3) is 0 Å². The van der Waals surface area contributed by atoms with Gasteiger partial charge in [-0.3, -0.25) is 4.79 Å². The highest BCUT2D eigenvalue weighted by atomic mass is 32.1. The third-order valence-electron chi connectivity index (χ3n) is 4.47. The Kier molecular flexibility index (Phi) is 9.11. The van der Waals surface area contributed by atoms with E-state index in [0.29, 0.717) is 29.3 Å². The highest BCUT2D eigenvalue weighted by molar-refractivity contribution is 7.80. The van der Waals surface area contributed by atoms with Gasteiger partial charge in [-0.05, 0) is 30.6 Å². The molecule has 0 unspecified atom stereocenters. The molecule has 0 atom stereocenters. The molecule has 21 heavy (non-hydrogen) atoms. The fourth-order valence-corrected chi connectivity index (χ4v) is 3.48. The largest absolute Gasteiger partial charge is 0.392 e. The molecule has 0 spiro atoms. The van der Waals surface area contributed by atoms with Crippen LogP contribution in [0, 0.1) is 23.2 Å². The predicted molar refractivity (Wildman–Crippen MR) is 95.2 cm³/mol. The molecule has 0 radical (unpaired) electrons. The highest BCUT2D eigenvalue weighted by Crippen LogP contribution is 2.31. The van der Waals surface area contributed by atoms with E-state index in [2.05, 4.69) is 46.9 Å². The molecule has 0 aromatic rings. The predicted octanol–water partition coefficient (Wildman–Crippen LogP) is 3.90. The van der Waals surface area contributed by atoms with E-state index in [-0.39, 0.29) is 5.91 Å². The molecule has 0 aromatic carbocycles. The number of thiocarbonyl (C=S) groups is 1. The first-order chi connectivity index (χ1) is 9.72. The topological polar surface area (TPSA) is 55.1 Å². The average molecular weight is 315 g/mol. The summed E-state index contributed by atoms with van der Waals surface area (Å²) in [5.74, 6) is 1.58. The van der Waals surface area contributed by atoms with Crippen molar-refractivity contribution in [3.05, 3.63) is 0 Å². The SMILES string of the molecule is CCCC(CCC)(C(=O)NCC(C(C)C)C(C)C)C(N)=S. The van der Waals surface area contributed by atoms with Gasteiger partial charge in [0.15, 0.2) is 0 Å². The van der Waals surface area contributed by atoms with Crippen molar-refractivity contribution in [3.63, 3.8) is 0 Å². The van der Waals surface area contributed by atoms with Crippen LogP contribution in [-0.4, -0.2) is 17.4 Å². The lowest BCUT2D eigenvalue weighted by Crippen LogP contribution is -2.50. The number of rotatable bonds is 10. The maximum absolute atomic E-state index is 12.8. The second-order valence-corrected chi connectivity index (χ2v) is 7.25. The van der Waals surface area contributed by atoms with Crippen LogP contribution in [0.4, 0.5) is 0 Å². The van der Waals surface area contributed by atoms with E-state index >= 15 is 0 Å². The molecule has 0 bridgehead atoms. The second-order valence-electron chi connectivity index (χ2n) is 6.81. The molecule has 1 amide bonds. The average Bonchev–Trinajstić information content (AvgIpc) is 2.37. The lowest BCUT2D eigenvalue weighted by atomic mass is 9.77. The summed E-state index contributed by atoms with van der Waals surface area (Å²) in [6.45, 7) is 13.7. The molecule has 124 valence electrons. The van der Waals surface area contributed by atoms with Crippen molar-refractivity contribution in [2.45, 2.75) is 67.2 Å². The van der Waals surface area contributed by atoms with E-state index in [9.17, 15) is 4.79 Å². The number of amides is 1. The molecular weight excluding hydrogens is 280 g/mol. The Bertz CT molecular complexity index is 326. The fourth-order valence-electron chi connectivity index (χ4n) is 3.18. The summed E-state index contributed by atoms with van der Waals surface area (Å²) in [4.78, 5) is 13.1. The number of carbonyl (C=O) groups is 1. The molecule has 0 saturated carbocycles. The molecule has 0 heterocycles. The summed E-state index contributed by atoms with van der Waals surface area (Å²) < 4.78 is 0.